The molecule has 22 nitrogen and oxygen atoms in total. The van der Waals surface area contributed by atoms with Crippen LogP contribution in [0.15, 0.2) is 78.9 Å². The van der Waals surface area contributed by atoms with Crippen LogP contribution in [0.25, 0.3) is 11.1 Å². The number of rotatable bonds is 12. The van der Waals surface area contributed by atoms with Crippen LogP contribution in [0.4, 0.5) is 0 Å². The van der Waals surface area contributed by atoms with Crippen molar-refractivity contribution in [3.63, 3.8) is 0 Å². The van der Waals surface area contributed by atoms with Gasteiger partial charge in [0.2, 0.25) is 41.2 Å². The Labute approximate surface area is 477 Å². The van der Waals surface area contributed by atoms with Crippen LogP contribution in [0.5, 0.6) is 46.0 Å². The molecule has 5 aromatic carbocycles. The van der Waals surface area contributed by atoms with E-state index in [0.717, 1.165) is 0 Å². The maximum absolute atomic E-state index is 15.2. The Kier molecular flexibility index (Phi) is 18.8. The van der Waals surface area contributed by atoms with Gasteiger partial charge < -0.3 is 76.3 Å². The van der Waals surface area contributed by atoms with E-state index >= 15 is 4.79 Å². The van der Waals surface area contributed by atoms with E-state index in [-0.39, 0.29) is 74.6 Å². The number of halogens is 2. The van der Waals surface area contributed by atoms with E-state index in [1.165, 1.54) is 58.8 Å². The first kappa shape index (κ1) is 59.3. The molecule has 0 fully saturated rings. The van der Waals surface area contributed by atoms with Crippen molar-refractivity contribution in [3.05, 3.63) is 117 Å². The minimum Gasteiger partial charge on any atom is -0.497 e. The zero-order chi connectivity index (χ0) is 58.4. The lowest BCUT2D eigenvalue weighted by Crippen LogP contribution is -2.58. The zero-order valence-corrected chi connectivity index (χ0v) is 46.9. The third-order valence-electron chi connectivity index (χ3n) is 14.1. The van der Waals surface area contributed by atoms with Crippen molar-refractivity contribution in [1.29, 1.82) is 0 Å². The number of aliphatic hydroxyl groups is 2. The SMILES string of the molecule is CN[C@@H](CC(C)C)C(=O)N[C@H]1C(=O)N[C@@H](CC(N)=O)C(=O)N[C@H]2CN[C@H]3C(=O)N[C@@H](Cc4ccc(c(Cl)c4)Oc4cc2cc(c4OC)Oc2ccc(cc2Cl)[C@H]1O)C(=O)N[C@@H](CO)c1cc(OC)cc(OC)c1-c1cc3ccc1OC. The lowest BCUT2D eigenvalue weighted by atomic mass is 9.90. The number of nitrogens with two attached hydrogens (primary N) is 1. The van der Waals surface area contributed by atoms with Crippen LogP contribution in [0, 0.1) is 5.92 Å². The van der Waals surface area contributed by atoms with Gasteiger partial charge in [-0.3, -0.25) is 34.1 Å². The summed E-state index contributed by atoms with van der Waals surface area (Å²) >= 11 is 13.9. The van der Waals surface area contributed by atoms with Crippen molar-refractivity contribution >= 4 is 58.6 Å². The molecule has 24 heteroatoms. The maximum Gasteiger partial charge on any atom is 0.246 e. The second-order valence-corrected chi connectivity index (χ2v) is 20.8. The van der Waals surface area contributed by atoms with Crippen LogP contribution in [0.1, 0.15) is 78.7 Å². The van der Waals surface area contributed by atoms with Crippen molar-refractivity contribution in [2.75, 3.05) is 48.6 Å². The molecule has 0 aromatic heterocycles. The molecular formula is C57H64Cl2N8O14. The maximum atomic E-state index is 15.2. The summed E-state index contributed by atoms with van der Waals surface area (Å²) in [7, 11) is 7.29. The summed E-state index contributed by atoms with van der Waals surface area (Å²) in [5, 5.41) is 43.2. The molecule has 0 spiro atoms. The monoisotopic (exact) mass is 1150 g/mol. The fourth-order valence-electron chi connectivity index (χ4n) is 10.0. The second kappa shape index (κ2) is 25.7. The molecule has 11 bridgehead atoms. The third-order valence-corrected chi connectivity index (χ3v) is 14.7. The van der Waals surface area contributed by atoms with Gasteiger partial charge in [0.15, 0.2) is 11.5 Å². The second-order valence-electron chi connectivity index (χ2n) is 20.0. The topological polar surface area (TPSA) is 308 Å². The van der Waals surface area contributed by atoms with Gasteiger partial charge in [0.05, 0.1) is 69.6 Å². The van der Waals surface area contributed by atoms with Crippen LogP contribution < -0.4 is 71.4 Å². The normalized spacial score (nSPS) is 21.4. The molecular weight excluding hydrogens is 1090 g/mol. The Hall–Kier alpha value is -7.86. The molecule has 0 saturated carbocycles. The molecule has 5 heterocycles. The van der Waals surface area contributed by atoms with Gasteiger partial charge in [-0.2, -0.15) is 0 Å². The Morgan fingerprint density at radius 1 is 0.716 bits per heavy atom. The molecule has 5 aromatic rings. The highest BCUT2D eigenvalue weighted by Crippen LogP contribution is 2.48. The first-order valence-electron chi connectivity index (χ1n) is 25.9. The largest absolute Gasteiger partial charge is 0.497 e. The summed E-state index contributed by atoms with van der Waals surface area (Å²) in [5.41, 5.74) is 8.01. The highest BCUT2D eigenvalue weighted by atomic mass is 35.5. The van der Waals surface area contributed by atoms with E-state index in [1.54, 1.807) is 55.6 Å². The lowest BCUT2D eigenvalue weighted by Gasteiger charge is -2.31. The highest BCUT2D eigenvalue weighted by molar-refractivity contribution is 6.32. The molecule has 430 valence electrons. The number of hydrogen-bond donors (Lipinski definition) is 10. The Morgan fingerprint density at radius 3 is 1.98 bits per heavy atom. The molecule has 5 aliphatic rings. The number of benzene rings is 5. The molecule has 6 amide bonds. The van der Waals surface area contributed by atoms with E-state index < -0.39 is 96.9 Å². The summed E-state index contributed by atoms with van der Waals surface area (Å²) in [6.07, 6.45) is -2.33. The molecule has 0 aliphatic carbocycles. The number of carbonyl (C=O) groups is 6. The van der Waals surface area contributed by atoms with Crippen molar-refractivity contribution in [1.82, 2.24) is 37.2 Å². The average molecular weight is 1160 g/mol. The minimum atomic E-state index is -1.80. The van der Waals surface area contributed by atoms with Crippen LogP contribution in [-0.2, 0) is 35.2 Å². The molecule has 0 radical (unpaired) electrons. The standard InChI is InChI=1S/C57H64Cl2N8O14/c1-26(2)14-36(61-3)53(71)67-50-51(70)29-10-13-43(35(59)18-29)81-46-20-30-19-45(52(46)79-7)80-42-11-8-27(15-34(42)58)16-37-54(72)66-40(25-68)32-21-31(76-4)22-44(78-6)48(32)33-17-28(9-12-41(33)77-5)49(56(74)63-37)62-24-39(30)65-55(73)38(23-47(60)69)64-57(50)75/h8-13,15,17-22,26,36-40,49-51,61-62,68,70H,14,16,23-25H2,1-7H3,(H2,60,69)(H,63,74)(H,64,75)(H,65,73)(H,66,72)(H,67,71)/t36-,37-,38-,39-,40-,49+,50+,51+/m0/s1. The van der Waals surface area contributed by atoms with Crippen molar-refractivity contribution < 1.29 is 67.4 Å². The molecule has 5 aliphatic heterocycles. The summed E-state index contributed by atoms with van der Waals surface area (Å²) in [6, 6.07) is 10.9. The number of ether oxygens (including phenoxy) is 6. The first-order valence-corrected chi connectivity index (χ1v) is 26.6. The molecule has 8 atom stereocenters. The van der Waals surface area contributed by atoms with Gasteiger partial charge >= 0.3 is 0 Å². The smallest absolute Gasteiger partial charge is 0.246 e. The fourth-order valence-corrected chi connectivity index (χ4v) is 10.5. The number of likely N-dealkylation sites (N-methyl/N-ethyl adjacent to an activating group) is 1. The van der Waals surface area contributed by atoms with Gasteiger partial charge in [-0.25, -0.2) is 0 Å². The van der Waals surface area contributed by atoms with Gasteiger partial charge in [0.1, 0.15) is 59.0 Å². The van der Waals surface area contributed by atoms with Crippen molar-refractivity contribution in [3.8, 4) is 57.1 Å². The first-order chi connectivity index (χ1) is 38.8. The minimum absolute atomic E-state index is 0.000889. The number of hydrogen-bond acceptors (Lipinski definition) is 16. The van der Waals surface area contributed by atoms with Crippen molar-refractivity contribution in [2.24, 2.45) is 11.7 Å². The number of fused-ring (bicyclic) bond motifs is 15. The predicted molar refractivity (Wildman–Crippen MR) is 298 cm³/mol. The van der Waals surface area contributed by atoms with Gasteiger partial charge in [0, 0.05) is 30.2 Å². The van der Waals surface area contributed by atoms with Crippen LogP contribution in [0.2, 0.25) is 10.0 Å². The number of amides is 6. The number of aliphatic hydroxyl groups excluding tert-OH is 2. The van der Waals surface area contributed by atoms with Crippen LogP contribution in [-0.4, -0.2) is 118 Å². The molecule has 81 heavy (non-hydrogen) atoms. The van der Waals surface area contributed by atoms with Gasteiger partial charge in [-0.05, 0) is 102 Å². The van der Waals surface area contributed by atoms with E-state index in [2.05, 4.69) is 37.2 Å². The van der Waals surface area contributed by atoms with E-state index in [9.17, 15) is 34.2 Å². The average Bonchev–Trinajstić information content (AvgIpc) is 3.62. The van der Waals surface area contributed by atoms with Gasteiger partial charge in [0.25, 0.3) is 0 Å². The van der Waals surface area contributed by atoms with E-state index in [1.807, 2.05) is 13.8 Å². The number of nitrogens with one attached hydrogen (secondary N) is 7. The summed E-state index contributed by atoms with van der Waals surface area (Å²) in [5.74, 6) is -3.99. The van der Waals surface area contributed by atoms with E-state index in [0.29, 0.717) is 45.7 Å². The Bertz CT molecular complexity index is 3240. The Balaban J connectivity index is 1.35. The van der Waals surface area contributed by atoms with Crippen LogP contribution >= 0.6 is 23.2 Å². The van der Waals surface area contributed by atoms with Crippen LogP contribution in [0.3, 0.4) is 0 Å². The highest BCUT2D eigenvalue weighted by Gasteiger charge is 2.38. The summed E-state index contributed by atoms with van der Waals surface area (Å²) < 4.78 is 36.5. The molecule has 11 N–H and O–H groups in total. The zero-order valence-electron chi connectivity index (χ0n) is 45.4. The van der Waals surface area contributed by atoms with Crippen molar-refractivity contribution in [2.45, 2.75) is 81.5 Å². The molecule has 0 saturated heterocycles. The number of primary amides is 1. The Morgan fingerprint density at radius 2 is 1.37 bits per heavy atom. The predicted octanol–water partition coefficient (Wildman–Crippen LogP) is 4.50. The number of carbonyl (C=O) groups excluding carboxylic acids is 6. The fraction of sp³-hybridized carbons (Fsp3) is 0.368. The quantitative estimate of drug-likeness (QED) is 0.0823. The summed E-state index contributed by atoms with van der Waals surface area (Å²) in [4.78, 5) is 86.3. The van der Waals surface area contributed by atoms with E-state index in [4.69, 9.17) is 57.4 Å². The summed E-state index contributed by atoms with van der Waals surface area (Å²) in [6.45, 7) is 2.86. The third kappa shape index (κ3) is 13.2. The number of methoxy groups -OCH3 is 4. The lowest BCUT2D eigenvalue weighted by molar-refractivity contribution is -0.136. The molecule has 0 unspecified atom stereocenters. The molecule has 10 rings (SSSR count). The van der Waals surface area contributed by atoms with Gasteiger partial charge in [-0.1, -0.05) is 55.2 Å². The van der Waals surface area contributed by atoms with Gasteiger partial charge in [-0.15, -0.1) is 0 Å².